The maximum atomic E-state index is 15.1. The summed E-state index contributed by atoms with van der Waals surface area (Å²) in [6, 6.07) is 5.45. The summed E-state index contributed by atoms with van der Waals surface area (Å²) in [5.74, 6) is -1.34. The zero-order valence-electron chi connectivity index (χ0n) is 22.2. The Bertz CT molecular complexity index is 1580. The average molecular weight is 534 g/mol. The molecule has 0 unspecified atom stereocenters. The number of hydrogen-bond donors (Lipinski definition) is 0. The monoisotopic (exact) mass is 533 g/mol. The van der Waals surface area contributed by atoms with Gasteiger partial charge in [0.1, 0.15) is 17.7 Å². The number of aryl methyl sites for hydroxylation is 1. The number of halogens is 2. The largest absolute Gasteiger partial charge is 0.367 e. The molecule has 6 rings (SSSR count). The Morgan fingerprint density at radius 1 is 1.10 bits per heavy atom. The second kappa shape index (κ2) is 9.64. The van der Waals surface area contributed by atoms with E-state index < -0.39 is 11.6 Å². The molecule has 202 valence electrons. The number of benzene rings is 1. The first-order valence-corrected chi connectivity index (χ1v) is 13.0. The number of nitrogens with zero attached hydrogens (tertiary/aromatic N) is 7. The van der Waals surface area contributed by atoms with E-state index in [-0.39, 0.29) is 29.4 Å². The molecule has 1 saturated carbocycles. The average Bonchev–Trinajstić information content (AvgIpc) is 3.63. The minimum absolute atomic E-state index is 0.0996. The van der Waals surface area contributed by atoms with E-state index in [1.807, 2.05) is 28.9 Å². The van der Waals surface area contributed by atoms with Gasteiger partial charge in [-0.05, 0) is 44.9 Å². The van der Waals surface area contributed by atoms with Crippen molar-refractivity contribution in [3.8, 4) is 11.3 Å². The van der Waals surface area contributed by atoms with Gasteiger partial charge in [0.2, 0.25) is 5.95 Å². The highest BCUT2D eigenvalue weighted by atomic mass is 19.1. The zero-order chi connectivity index (χ0) is 27.4. The molecule has 2 atom stereocenters. The second-order valence-corrected chi connectivity index (χ2v) is 10.5. The van der Waals surface area contributed by atoms with Gasteiger partial charge in [0.25, 0.3) is 5.91 Å². The number of ether oxygens (including phenoxy) is 1. The maximum Gasteiger partial charge on any atom is 0.255 e. The fourth-order valence-electron chi connectivity index (χ4n) is 4.97. The lowest BCUT2D eigenvalue weighted by molar-refractivity contribution is -0.0178. The van der Waals surface area contributed by atoms with E-state index in [2.05, 4.69) is 10.1 Å². The number of anilines is 1. The minimum atomic E-state index is -0.761. The van der Waals surface area contributed by atoms with E-state index >= 15 is 4.39 Å². The fourth-order valence-corrected chi connectivity index (χ4v) is 4.97. The van der Waals surface area contributed by atoms with Crippen LogP contribution in [0.3, 0.4) is 0 Å². The first kappa shape index (κ1) is 25.3. The van der Waals surface area contributed by atoms with Crippen LogP contribution in [-0.4, -0.2) is 68.8 Å². The summed E-state index contributed by atoms with van der Waals surface area (Å²) in [6.45, 7) is 4.70. The van der Waals surface area contributed by atoms with E-state index in [0.717, 1.165) is 24.5 Å². The Hall–Kier alpha value is -3.99. The van der Waals surface area contributed by atoms with Gasteiger partial charge in [0.15, 0.2) is 5.65 Å². The van der Waals surface area contributed by atoms with Gasteiger partial charge in [-0.2, -0.15) is 10.1 Å². The molecule has 0 spiro atoms. The van der Waals surface area contributed by atoms with Crippen molar-refractivity contribution in [1.82, 2.24) is 29.6 Å². The summed E-state index contributed by atoms with van der Waals surface area (Å²) >= 11 is 0. The van der Waals surface area contributed by atoms with Gasteiger partial charge in [0, 0.05) is 49.4 Å². The molecule has 0 N–H and O–H groups in total. The smallest absolute Gasteiger partial charge is 0.255 e. The Morgan fingerprint density at radius 2 is 1.90 bits per heavy atom. The number of hydrogen-bond acceptors (Lipinski definition) is 7. The third kappa shape index (κ3) is 4.82. The van der Waals surface area contributed by atoms with Crippen molar-refractivity contribution >= 4 is 22.9 Å². The van der Waals surface area contributed by atoms with E-state index in [9.17, 15) is 9.18 Å². The molecule has 0 bridgehead atoms. The molecule has 1 aliphatic carbocycles. The predicted octanol–water partition coefficient (Wildman–Crippen LogP) is 4.48. The van der Waals surface area contributed by atoms with Crippen LogP contribution >= 0.6 is 0 Å². The fraction of sp³-hybridized carbons (Fsp3) is 0.393. The highest BCUT2D eigenvalue weighted by molar-refractivity contribution is 6.01. The normalized spacial score (nSPS) is 19.5. The Kier molecular flexibility index (Phi) is 6.25. The molecule has 9 nitrogen and oxygen atoms in total. The van der Waals surface area contributed by atoms with Crippen LogP contribution in [0.5, 0.6) is 0 Å². The van der Waals surface area contributed by atoms with E-state index in [1.54, 1.807) is 27.1 Å². The van der Waals surface area contributed by atoms with Crippen LogP contribution < -0.4 is 4.90 Å². The molecule has 1 saturated heterocycles. The van der Waals surface area contributed by atoms with Crippen LogP contribution in [0.1, 0.15) is 53.5 Å². The summed E-state index contributed by atoms with van der Waals surface area (Å²) in [4.78, 5) is 30.4. The van der Waals surface area contributed by atoms with Crippen molar-refractivity contribution in [2.24, 2.45) is 0 Å². The van der Waals surface area contributed by atoms with Crippen LogP contribution in [0.4, 0.5) is 14.7 Å². The van der Waals surface area contributed by atoms with Gasteiger partial charge in [-0.15, -0.1) is 0 Å². The molecule has 3 aromatic heterocycles. The molecule has 4 aromatic rings. The van der Waals surface area contributed by atoms with Gasteiger partial charge in [-0.1, -0.05) is 0 Å². The number of carbonyl (C=O) groups excluding carboxylic acids is 1. The van der Waals surface area contributed by atoms with Crippen molar-refractivity contribution in [3.63, 3.8) is 0 Å². The minimum Gasteiger partial charge on any atom is -0.367 e. The third-order valence-corrected chi connectivity index (χ3v) is 7.15. The summed E-state index contributed by atoms with van der Waals surface area (Å²) in [5, 5.41) is 4.91. The Balaban J connectivity index is 1.46. The number of pyridine rings is 1. The number of amides is 1. The number of rotatable bonds is 5. The standard InChI is InChI=1S/C28H29F2N7O2/c1-15-12-36(14-24(39-15)17-11-31-37(13-17)19-6-7-19)28-33-25(20-8-5-18(29)9-23(20)30)22-10-21(27(38)35(3)4)16(2)32-26(22)34-28/h5,8-11,13,15,19,24H,6-7,12,14H2,1-4H3/t15-,24-/m1/s1. The molecule has 1 amide bonds. The molecule has 39 heavy (non-hydrogen) atoms. The van der Waals surface area contributed by atoms with Gasteiger partial charge >= 0.3 is 0 Å². The predicted molar refractivity (Wildman–Crippen MR) is 141 cm³/mol. The van der Waals surface area contributed by atoms with Crippen molar-refractivity contribution in [2.45, 2.75) is 44.9 Å². The summed E-state index contributed by atoms with van der Waals surface area (Å²) in [6.07, 6.45) is 5.77. The number of morpholine rings is 1. The van der Waals surface area contributed by atoms with Crippen LogP contribution in [0, 0.1) is 18.6 Å². The maximum absolute atomic E-state index is 15.1. The number of carbonyl (C=O) groups is 1. The molecule has 1 aliphatic heterocycles. The SMILES string of the molecule is Cc1nc2nc(N3C[C@@H](C)O[C@@H](c4cnn(C5CC5)c4)C3)nc(-c3ccc(F)cc3F)c2cc1C(=O)N(C)C. The molecule has 2 fully saturated rings. The number of aromatic nitrogens is 5. The van der Waals surface area contributed by atoms with Crippen LogP contribution in [0.2, 0.25) is 0 Å². The first-order valence-electron chi connectivity index (χ1n) is 13.0. The topological polar surface area (TPSA) is 89.3 Å². The molecule has 1 aromatic carbocycles. The number of fused-ring (bicyclic) bond motifs is 1. The van der Waals surface area contributed by atoms with Crippen molar-refractivity contribution in [3.05, 3.63) is 65.1 Å². The summed E-state index contributed by atoms with van der Waals surface area (Å²) in [5.41, 5.74) is 2.50. The van der Waals surface area contributed by atoms with Crippen LogP contribution in [0.25, 0.3) is 22.3 Å². The highest BCUT2D eigenvalue weighted by Gasteiger charge is 2.32. The zero-order valence-corrected chi connectivity index (χ0v) is 22.2. The van der Waals surface area contributed by atoms with Crippen LogP contribution in [0.15, 0.2) is 36.7 Å². The van der Waals surface area contributed by atoms with E-state index in [4.69, 9.17) is 14.7 Å². The molecule has 4 heterocycles. The second-order valence-electron chi connectivity index (χ2n) is 10.5. The van der Waals surface area contributed by atoms with Gasteiger partial charge in [-0.25, -0.2) is 18.7 Å². The lowest BCUT2D eigenvalue weighted by Crippen LogP contribution is -2.43. The summed E-state index contributed by atoms with van der Waals surface area (Å²) in [7, 11) is 3.30. The van der Waals surface area contributed by atoms with Crippen molar-refractivity contribution < 1.29 is 18.3 Å². The quantitative estimate of drug-likeness (QED) is 0.374. The molecular weight excluding hydrogens is 504 g/mol. The molecule has 0 radical (unpaired) electrons. The van der Waals surface area contributed by atoms with Gasteiger partial charge in [0.05, 0.1) is 41.8 Å². The molecule has 11 heteroatoms. The highest BCUT2D eigenvalue weighted by Crippen LogP contribution is 2.36. The van der Waals surface area contributed by atoms with Gasteiger partial charge in [-0.3, -0.25) is 9.48 Å². The lowest BCUT2D eigenvalue weighted by Gasteiger charge is -2.36. The van der Waals surface area contributed by atoms with Crippen LogP contribution in [-0.2, 0) is 4.74 Å². The van der Waals surface area contributed by atoms with E-state index in [1.165, 1.54) is 17.0 Å². The molecule has 2 aliphatic rings. The third-order valence-electron chi connectivity index (χ3n) is 7.15. The first-order chi connectivity index (χ1) is 18.7. The van der Waals surface area contributed by atoms with Crippen molar-refractivity contribution in [2.75, 3.05) is 32.1 Å². The Labute approximate surface area is 224 Å². The van der Waals surface area contributed by atoms with E-state index in [0.29, 0.717) is 47.4 Å². The summed E-state index contributed by atoms with van der Waals surface area (Å²) < 4.78 is 37.1. The lowest BCUT2D eigenvalue weighted by atomic mass is 10.0. The van der Waals surface area contributed by atoms with Crippen molar-refractivity contribution in [1.29, 1.82) is 0 Å². The Morgan fingerprint density at radius 3 is 2.62 bits per heavy atom. The van der Waals surface area contributed by atoms with Gasteiger partial charge < -0.3 is 14.5 Å². The molecular formula is C28H29F2N7O2.